The van der Waals surface area contributed by atoms with E-state index in [1.807, 2.05) is 37.2 Å². The SMILES string of the molecule is CN(C)CC(=O)NC1CCC(Nc2cc(-n3c4c(c5c3CC(C)(C)CC5=O)CCC4)ccc2C(N)=O)CC1. The monoisotopic (exact) mass is 519 g/mol. The fourth-order valence-electron chi connectivity index (χ4n) is 6.71. The molecule has 0 saturated heterocycles. The van der Waals surface area contributed by atoms with E-state index in [4.69, 9.17) is 5.73 Å². The number of benzene rings is 1. The van der Waals surface area contributed by atoms with Crippen LogP contribution in [0.15, 0.2) is 18.2 Å². The third-order valence-corrected chi connectivity index (χ3v) is 8.32. The number of primary amides is 1. The Morgan fingerprint density at radius 1 is 1.05 bits per heavy atom. The summed E-state index contributed by atoms with van der Waals surface area (Å²) in [6.07, 6.45) is 7.98. The standard InChI is InChI=1S/C30H41N5O3/c1-30(2)15-25-28(26(36)16-30)22-6-5-7-24(22)35(25)20-12-13-21(29(31)38)23(14-20)32-18-8-10-19(11-9-18)33-27(37)17-34(3)4/h12-14,18-19,32H,5-11,15-17H2,1-4H3,(H2,31,38)(H,33,37). The summed E-state index contributed by atoms with van der Waals surface area (Å²) in [6, 6.07) is 6.19. The molecule has 1 saturated carbocycles. The largest absolute Gasteiger partial charge is 0.382 e. The van der Waals surface area contributed by atoms with Gasteiger partial charge in [0.2, 0.25) is 5.91 Å². The summed E-state index contributed by atoms with van der Waals surface area (Å²) in [7, 11) is 3.78. The van der Waals surface area contributed by atoms with Gasteiger partial charge < -0.3 is 25.8 Å². The zero-order valence-electron chi connectivity index (χ0n) is 23.2. The van der Waals surface area contributed by atoms with Crippen molar-refractivity contribution in [1.29, 1.82) is 0 Å². The Morgan fingerprint density at radius 2 is 1.76 bits per heavy atom. The van der Waals surface area contributed by atoms with Crippen molar-refractivity contribution < 1.29 is 14.4 Å². The molecule has 0 radical (unpaired) electrons. The number of likely N-dealkylation sites (N-methyl/N-ethyl adjacent to an activating group) is 1. The zero-order valence-corrected chi connectivity index (χ0v) is 23.2. The third kappa shape index (κ3) is 5.23. The van der Waals surface area contributed by atoms with Crippen molar-refractivity contribution in [3.05, 3.63) is 46.3 Å². The number of rotatable bonds is 7. The summed E-state index contributed by atoms with van der Waals surface area (Å²) in [5.41, 5.74) is 12.4. The van der Waals surface area contributed by atoms with Gasteiger partial charge in [0.1, 0.15) is 0 Å². The highest BCUT2D eigenvalue weighted by Crippen LogP contribution is 2.43. The maximum absolute atomic E-state index is 13.2. The topological polar surface area (TPSA) is 109 Å². The van der Waals surface area contributed by atoms with Crippen molar-refractivity contribution in [2.45, 2.75) is 83.7 Å². The number of hydrogen-bond acceptors (Lipinski definition) is 5. The van der Waals surface area contributed by atoms with Gasteiger partial charge in [-0.15, -0.1) is 0 Å². The van der Waals surface area contributed by atoms with Gasteiger partial charge in [-0.3, -0.25) is 14.4 Å². The number of nitrogens with one attached hydrogen (secondary N) is 2. The number of ketones is 1. The molecule has 8 nitrogen and oxygen atoms in total. The number of aromatic nitrogens is 1. The molecule has 8 heteroatoms. The van der Waals surface area contributed by atoms with Crippen LogP contribution in [0.2, 0.25) is 0 Å². The van der Waals surface area contributed by atoms with Crippen molar-refractivity contribution in [1.82, 2.24) is 14.8 Å². The molecule has 3 aliphatic carbocycles. The second-order valence-corrected chi connectivity index (χ2v) is 12.5. The normalized spacial score (nSPS) is 22.2. The van der Waals surface area contributed by atoms with Crippen LogP contribution >= 0.6 is 0 Å². The molecule has 0 unspecified atom stereocenters. The van der Waals surface area contributed by atoms with Gasteiger partial charge in [-0.2, -0.15) is 0 Å². The molecule has 1 fully saturated rings. The molecule has 5 rings (SSSR count). The van der Waals surface area contributed by atoms with Gasteiger partial charge in [-0.1, -0.05) is 13.8 Å². The van der Waals surface area contributed by atoms with E-state index in [2.05, 4.69) is 29.0 Å². The minimum absolute atomic E-state index is 0.0550. The van der Waals surface area contributed by atoms with E-state index in [0.717, 1.165) is 74.0 Å². The molecule has 1 aromatic carbocycles. The zero-order chi connectivity index (χ0) is 27.2. The average molecular weight is 520 g/mol. The molecule has 0 spiro atoms. The maximum atomic E-state index is 13.2. The number of hydrogen-bond donors (Lipinski definition) is 3. The highest BCUT2D eigenvalue weighted by molar-refractivity contribution is 6.01. The van der Waals surface area contributed by atoms with Crippen molar-refractivity contribution in [3.8, 4) is 5.69 Å². The lowest BCUT2D eigenvalue weighted by Gasteiger charge is -2.32. The van der Waals surface area contributed by atoms with Crippen molar-refractivity contribution >= 4 is 23.3 Å². The fraction of sp³-hybridized carbons (Fsp3) is 0.567. The number of nitrogens with zero attached hydrogens (tertiary/aromatic N) is 2. The number of nitrogens with two attached hydrogens (primary N) is 1. The lowest BCUT2D eigenvalue weighted by Crippen LogP contribution is -2.43. The highest BCUT2D eigenvalue weighted by atomic mass is 16.2. The number of anilines is 1. The van der Waals surface area contributed by atoms with E-state index in [1.165, 1.54) is 11.3 Å². The van der Waals surface area contributed by atoms with Crippen LogP contribution < -0.4 is 16.4 Å². The van der Waals surface area contributed by atoms with E-state index in [9.17, 15) is 14.4 Å². The Kier molecular flexibility index (Phi) is 7.11. The molecule has 2 aromatic rings. The van der Waals surface area contributed by atoms with E-state index >= 15 is 0 Å². The number of carbonyl (C=O) groups excluding carboxylic acids is 3. The first kappa shape index (κ1) is 26.5. The van der Waals surface area contributed by atoms with Crippen LogP contribution in [-0.2, 0) is 24.1 Å². The predicted molar refractivity (Wildman–Crippen MR) is 149 cm³/mol. The van der Waals surface area contributed by atoms with Gasteiger partial charge in [-0.25, -0.2) is 0 Å². The Balaban J connectivity index is 1.40. The molecule has 0 bridgehead atoms. The lowest BCUT2D eigenvalue weighted by atomic mass is 9.75. The molecule has 204 valence electrons. The summed E-state index contributed by atoms with van der Waals surface area (Å²) in [5, 5.41) is 6.75. The molecule has 0 atom stereocenters. The van der Waals surface area contributed by atoms with Crippen LogP contribution in [0.4, 0.5) is 5.69 Å². The predicted octanol–water partition coefficient (Wildman–Crippen LogP) is 3.62. The molecular formula is C30H41N5O3. The van der Waals surface area contributed by atoms with E-state index in [0.29, 0.717) is 18.5 Å². The van der Waals surface area contributed by atoms with Gasteiger partial charge in [0.05, 0.1) is 12.1 Å². The first-order valence-electron chi connectivity index (χ1n) is 14.0. The van der Waals surface area contributed by atoms with Gasteiger partial charge >= 0.3 is 0 Å². The molecule has 3 aliphatic rings. The van der Waals surface area contributed by atoms with Gasteiger partial charge in [0.15, 0.2) is 5.78 Å². The summed E-state index contributed by atoms with van der Waals surface area (Å²) < 4.78 is 2.30. The quantitative estimate of drug-likeness (QED) is 0.518. The van der Waals surface area contributed by atoms with Crippen molar-refractivity contribution in [2.75, 3.05) is 26.0 Å². The molecule has 0 aliphatic heterocycles. The van der Waals surface area contributed by atoms with Crippen LogP contribution in [0.3, 0.4) is 0 Å². The summed E-state index contributed by atoms with van der Waals surface area (Å²) in [5.74, 6) is -0.145. The lowest BCUT2D eigenvalue weighted by molar-refractivity contribution is -0.122. The highest BCUT2D eigenvalue weighted by Gasteiger charge is 2.39. The molecule has 4 N–H and O–H groups in total. The van der Waals surface area contributed by atoms with E-state index < -0.39 is 5.91 Å². The Morgan fingerprint density at radius 3 is 2.45 bits per heavy atom. The van der Waals surface area contributed by atoms with E-state index in [-0.39, 0.29) is 29.2 Å². The van der Waals surface area contributed by atoms with Crippen LogP contribution in [0.1, 0.15) is 90.0 Å². The second kappa shape index (κ2) is 10.2. The van der Waals surface area contributed by atoms with Gasteiger partial charge in [0, 0.05) is 46.8 Å². The smallest absolute Gasteiger partial charge is 0.250 e. The molecular weight excluding hydrogens is 478 g/mol. The third-order valence-electron chi connectivity index (χ3n) is 8.32. The summed E-state index contributed by atoms with van der Waals surface area (Å²) in [4.78, 5) is 39.6. The van der Waals surface area contributed by atoms with Crippen LogP contribution in [-0.4, -0.2) is 59.8 Å². The minimum Gasteiger partial charge on any atom is -0.382 e. The second-order valence-electron chi connectivity index (χ2n) is 12.5. The fourth-order valence-corrected chi connectivity index (χ4v) is 6.71. The number of carbonyl (C=O) groups is 3. The average Bonchev–Trinajstić information content (AvgIpc) is 3.39. The Bertz CT molecular complexity index is 1270. The molecule has 2 amide bonds. The minimum atomic E-state index is -0.459. The first-order chi connectivity index (χ1) is 18.0. The van der Waals surface area contributed by atoms with Crippen molar-refractivity contribution in [2.24, 2.45) is 11.1 Å². The Labute approximate surface area is 225 Å². The summed E-state index contributed by atoms with van der Waals surface area (Å²) in [6.45, 7) is 4.72. The van der Waals surface area contributed by atoms with Crippen LogP contribution in [0.5, 0.6) is 0 Å². The maximum Gasteiger partial charge on any atom is 0.250 e. The molecule has 1 heterocycles. The van der Waals surface area contributed by atoms with Gasteiger partial charge in [-0.05, 0) is 94.6 Å². The van der Waals surface area contributed by atoms with E-state index in [1.54, 1.807) is 0 Å². The van der Waals surface area contributed by atoms with Gasteiger partial charge in [0.25, 0.3) is 5.91 Å². The number of Topliss-reactive ketones (excluding diaryl/α,β-unsaturated/α-hetero) is 1. The number of fused-ring (bicyclic) bond motifs is 3. The van der Waals surface area contributed by atoms with Crippen LogP contribution in [0.25, 0.3) is 5.69 Å². The molecule has 1 aromatic heterocycles. The van der Waals surface area contributed by atoms with Crippen molar-refractivity contribution in [3.63, 3.8) is 0 Å². The molecule has 38 heavy (non-hydrogen) atoms. The summed E-state index contributed by atoms with van der Waals surface area (Å²) >= 11 is 0. The van der Waals surface area contributed by atoms with Crippen LogP contribution in [0, 0.1) is 5.41 Å². The Hall–Kier alpha value is -3.13. The number of amides is 2. The first-order valence-corrected chi connectivity index (χ1v) is 14.0.